The lowest BCUT2D eigenvalue weighted by Gasteiger charge is -2.34. The molecule has 0 bridgehead atoms. The third-order valence-corrected chi connectivity index (χ3v) is 5.53. The summed E-state index contributed by atoms with van der Waals surface area (Å²) in [6.45, 7) is 2.07. The zero-order valence-corrected chi connectivity index (χ0v) is 15.9. The van der Waals surface area contributed by atoms with E-state index in [2.05, 4.69) is 46.4 Å². The van der Waals surface area contributed by atoms with Gasteiger partial charge in [0, 0.05) is 6.20 Å². The molecule has 8 heteroatoms. The topological polar surface area (TPSA) is 95.8 Å². The van der Waals surface area contributed by atoms with Crippen LogP contribution in [0.25, 0.3) is 10.9 Å². The van der Waals surface area contributed by atoms with Crippen LogP contribution in [0.5, 0.6) is 0 Å². The van der Waals surface area contributed by atoms with Crippen molar-refractivity contribution in [3.63, 3.8) is 0 Å². The predicted octanol–water partition coefficient (Wildman–Crippen LogP) is 2.42. The molecule has 1 aliphatic carbocycles. The van der Waals surface area contributed by atoms with E-state index < -0.39 is 5.76 Å². The molecule has 5 rings (SSSR count). The van der Waals surface area contributed by atoms with Crippen LogP contribution in [0.2, 0.25) is 0 Å². The van der Waals surface area contributed by atoms with Crippen LogP contribution >= 0.6 is 0 Å². The Bertz CT molecular complexity index is 1300. The summed E-state index contributed by atoms with van der Waals surface area (Å²) >= 11 is 0. The minimum Gasteiger partial charge on any atom is -0.390 e. The number of pyridine rings is 1. The fraction of sp³-hybridized carbons (Fsp3) is 0.286. The monoisotopic (exact) mass is 389 g/mol. The van der Waals surface area contributed by atoms with Crippen LogP contribution in [0.4, 0.5) is 0 Å². The first kappa shape index (κ1) is 17.5. The SMILES string of the molecule is Cc1ccc(C2CC(n3nc(Cn4ncc5ncccc5c4=O)oc3=O)C2)cc1. The van der Waals surface area contributed by atoms with Crippen LogP contribution in [0, 0.1) is 6.92 Å². The van der Waals surface area contributed by atoms with Gasteiger partial charge in [0.2, 0.25) is 5.89 Å². The van der Waals surface area contributed by atoms with Crippen molar-refractivity contribution in [1.82, 2.24) is 24.5 Å². The first-order chi connectivity index (χ1) is 14.1. The Kier molecular flexibility index (Phi) is 4.12. The Morgan fingerprint density at radius 2 is 1.93 bits per heavy atom. The molecule has 0 atom stereocenters. The molecule has 0 unspecified atom stereocenters. The van der Waals surface area contributed by atoms with E-state index in [0.717, 1.165) is 12.8 Å². The molecule has 1 fully saturated rings. The van der Waals surface area contributed by atoms with E-state index in [9.17, 15) is 9.59 Å². The van der Waals surface area contributed by atoms with Gasteiger partial charge in [0.05, 0.1) is 23.1 Å². The highest BCUT2D eigenvalue weighted by molar-refractivity contribution is 5.75. The van der Waals surface area contributed by atoms with Crippen molar-refractivity contribution in [3.05, 3.63) is 86.7 Å². The molecule has 1 aliphatic rings. The average molecular weight is 389 g/mol. The van der Waals surface area contributed by atoms with Gasteiger partial charge < -0.3 is 4.42 Å². The van der Waals surface area contributed by atoms with E-state index in [1.165, 1.54) is 26.7 Å². The van der Waals surface area contributed by atoms with Gasteiger partial charge in [-0.05, 0) is 43.4 Å². The van der Waals surface area contributed by atoms with Crippen molar-refractivity contribution >= 4 is 10.9 Å². The van der Waals surface area contributed by atoms with Gasteiger partial charge >= 0.3 is 5.76 Å². The lowest BCUT2D eigenvalue weighted by atomic mass is 9.76. The first-order valence-electron chi connectivity index (χ1n) is 9.54. The lowest BCUT2D eigenvalue weighted by Crippen LogP contribution is -2.32. The van der Waals surface area contributed by atoms with Crippen molar-refractivity contribution in [2.75, 3.05) is 0 Å². The maximum absolute atomic E-state index is 12.6. The van der Waals surface area contributed by atoms with Gasteiger partial charge in [0.1, 0.15) is 6.54 Å². The molecule has 0 amide bonds. The molecule has 3 heterocycles. The van der Waals surface area contributed by atoms with Crippen molar-refractivity contribution in [1.29, 1.82) is 0 Å². The zero-order chi connectivity index (χ0) is 20.0. The van der Waals surface area contributed by atoms with Crippen molar-refractivity contribution in [2.45, 2.75) is 38.3 Å². The van der Waals surface area contributed by atoms with Crippen LogP contribution < -0.4 is 11.3 Å². The van der Waals surface area contributed by atoms with Crippen molar-refractivity contribution in [3.8, 4) is 0 Å². The summed E-state index contributed by atoms with van der Waals surface area (Å²) in [7, 11) is 0. The summed E-state index contributed by atoms with van der Waals surface area (Å²) < 4.78 is 7.91. The van der Waals surface area contributed by atoms with E-state index >= 15 is 0 Å². The highest BCUT2D eigenvalue weighted by atomic mass is 16.4. The standard InChI is InChI=1S/C21H19N5O3/c1-13-4-6-14(7-5-13)15-9-16(10-15)26-21(28)29-19(24-26)12-25-20(27)17-3-2-8-22-18(17)11-23-25/h2-8,11,15-16H,9-10,12H2,1H3. The Balaban J connectivity index is 1.34. The van der Waals surface area contributed by atoms with Crippen LogP contribution in [0.15, 0.2) is 62.8 Å². The second-order valence-electron chi connectivity index (χ2n) is 7.48. The van der Waals surface area contributed by atoms with E-state index in [1.807, 2.05) is 0 Å². The number of rotatable bonds is 4. The first-order valence-corrected chi connectivity index (χ1v) is 9.54. The maximum Gasteiger partial charge on any atom is 0.437 e. The van der Waals surface area contributed by atoms with E-state index in [0.29, 0.717) is 16.8 Å². The van der Waals surface area contributed by atoms with Gasteiger partial charge in [-0.1, -0.05) is 29.8 Å². The van der Waals surface area contributed by atoms with Crippen molar-refractivity contribution in [2.24, 2.45) is 0 Å². The smallest absolute Gasteiger partial charge is 0.390 e. The van der Waals surface area contributed by atoms with E-state index in [4.69, 9.17) is 4.42 Å². The van der Waals surface area contributed by atoms with Crippen LogP contribution in [0.1, 0.15) is 41.8 Å². The highest BCUT2D eigenvalue weighted by Crippen LogP contribution is 2.43. The summed E-state index contributed by atoms with van der Waals surface area (Å²) in [5, 5.41) is 8.88. The molecule has 0 radical (unpaired) electrons. The summed E-state index contributed by atoms with van der Waals surface area (Å²) in [5.41, 5.74) is 2.74. The predicted molar refractivity (Wildman–Crippen MR) is 106 cm³/mol. The fourth-order valence-corrected chi connectivity index (χ4v) is 3.78. The minimum atomic E-state index is -0.497. The molecule has 1 aromatic carbocycles. The van der Waals surface area contributed by atoms with E-state index in [1.54, 1.807) is 18.3 Å². The molecule has 3 aromatic heterocycles. The highest BCUT2D eigenvalue weighted by Gasteiger charge is 2.34. The quantitative estimate of drug-likeness (QED) is 0.532. The molecule has 0 aliphatic heterocycles. The third kappa shape index (κ3) is 3.16. The van der Waals surface area contributed by atoms with Crippen LogP contribution in [0.3, 0.4) is 0 Å². The second kappa shape index (κ2) is 6.80. The Morgan fingerprint density at radius 3 is 2.72 bits per heavy atom. The average Bonchev–Trinajstić information content (AvgIpc) is 3.04. The molecule has 1 saturated carbocycles. The molecule has 0 spiro atoms. The molecule has 0 N–H and O–H groups in total. The normalized spacial score (nSPS) is 18.7. The lowest BCUT2D eigenvalue weighted by molar-refractivity contribution is 0.233. The zero-order valence-electron chi connectivity index (χ0n) is 15.9. The number of hydrogen-bond acceptors (Lipinski definition) is 6. The Morgan fingerprint density at radius 1 is 1.14 bits per heavy atom. The molecule has 8 nitrogen and oxygen atoms in total. The molecule has 0 saturated heterocycles. The number of aryl methyl sites for hydroxylation is 1. The summed E-state index contributed by atoms with van der Waals surface area (Å²) in [4.78, 5) is 28.9. The molecular formula is C21H19N5O3. The largest absolute Gasteiger partial charge is 0.437 e. The maximum atomic E-state index is 12.6. The minimum absolute atomic E-state index is 0.0000182. The summed E-state index contributed by atoms with van der Waals surface area (Å²) in [6, 6.07) is 11.9. The van der Waals surface area contributed by atoms with Gasteiger partial charge in [-0.3, -0.25) is 9.78 Å². The van der Waals surface area contributed by atoms with Gasteiger partial charge in [-0.2, -0.15) is 9.78 Å². The second-order valence-corrected chi connectivity index (χ2v) is 7.48. The Labute approximate surface area is 165 Å². The molecule has 146 valence electrons. The summed E-state index contributed by atoms with van der Waals surface area (Å²) in [6.07, 6.45) is 4.81. The summed E-state index contributed by atoms with van der Waals surface area (Å²) in [5.74, 6) is 0.0967. The number of nitrogens with zero attached hydrogens (tertiary/aromatic N) is 5. The van der Waals surface area contributed by atoms with Gasteiger partial charge in [0.25, 0.3) is 5.56 Å². The van der Waals surface area contributed by atoms with Crippen molar-refractivity contribution < 1.29 is 4.42 Å². The molecular weight excluding hydrogens is 370 g/mol. The third-order valence-electron chi connectivity index (χ3n) is 5.53. The van der Waals surface area contributed by atoms with Gasteiger partial charge in [0.15, 0.2) is 0 Å². The Hall–Kier alpha value is -3.55. The fourth-order valence-electron chi connectivity index (χ4n) is 3.78. The number of aromatic nitrogens is 5. The number of hydrogen-bond donors (Lipinski definition) is 0. The van der Waals surface area contributed by atoms with Gasteiger partial charge in [-0.15, -0.1) is 5.10 Å². The molecule has 29 heavy (non-hydrogen) atoms. The van der Waals surface area contributed by atoms with Gasteiger partial charge in [-0.25, -0.2) is 9.48 Å². The van der Waals surface area contributed by atoms with E-state index in [-0.39, 0.29) is 24.0 Å². The molecule has 4 aromatic rings. The van der Waals surface area contributed by atoms with Crippen LogP contribution in [-0.2, 0) is 6.54 Å². The van der Waals surface area contributed by atoms with Crippen LogP contribution in [-0.4, -0.2) is 24.5 Å². The number of benzene rings is 1. The number of fused-ring (bicyclic) bond motifs is 1.